The second kappa shape index (κ2) is 7.06. The zero-order chi connectivity index (χ0) is 17.1. The molecule has 0 spiro atoms. The molecular formula is C14H15F6NO2. The molecule has 130 valence electrons. The lowest BCUT2D eigenvalue weighted by Gasteiger charge is -2.23. The Kier molecular flexibility index (Phi) is 5.53. The van der Waals surface area contributed by atoms with Gasteiger partial charge in [0.05, 0.1) is 24.3 Å². The van der Waals surface area contributed by atoms with E-state index in [-0.39, 0.29) is 24.7 Å². The molecule has 1 saturated heterocycles. The summed E-state index contributed by atoms with van der Waals surface area (Å²) in [5.41, 5.74) is -2.73. The number of hydrogen-bond acceptors (Lipinski definition) is 3. The molecule has 1 aliphatic heterocycles. The predicted molar refractivity (Wildman–Crippen MR) is 68.7 cm³/mol. The third-order valence-corrected chi connectivity index (χ3v) is 3.24. The topological polar surface area (TPSA) is 30.5 Å². The zero-order valence-corrected chi connectivity index (χ0v) is 11.9. The van der Waals surface area contributed by atoms with Crippen LogP contribution in [0.15, 0.2) is 18.2 Å². The van der Waals surface area contributed by atoms with Crippen molar-refractivity contribution < 1.29 is 35.8 Å². The van der Waals surface area contributed by atoms with Crippen molar-refractivity contribution in [1.29, 1.82) is 0 Å². The van der Waals surface area contributed by atoms with Gasteiger partial charge in [0.25, 0.3) is 0 Å². The fourth-order valence-electron chi connectivity index (χ4n) is 2.12. The molecule has 0 aromatic heterocycles. The number of nitrogens with one attached hydrogen (secondary N) is 1. The summed E-state index contributed by atoms with van der Waals surface area (Å²) in [6.07, 6.45) is -10.3. The van der Waals surface area contributed by atoms with Crippen molar-refractivity contribution in [3.8, 4) is 0 Å². The van der Waals surface area contributed by atoms with E-state index in [1.165, 1.54) is 0 Å². The fraction of sp³-hybridized carbons (Fsp3) is 0.571. The molecule has 3 nitrogen and oxygen atoms in total. The number of ether oxygens (including phenoxy) is 2. The molecule has 2 rings (SSSR count). The monoisotopic (exact) mass is 343 g/mol. The van der Waals surface area contributed by atoms with E-state index in [4.69, 9.17) is 9.47 Å². The maximum atomic E-state index is 12.7. The van der Waals surface area contributed by atoms with Gasteiger partial charge in [-0.15, -0.1) is 0 Å². The highest BCUT2D eigenvalue weighted by atomic mass is 19.4. The van der Waals surface area contributed by atoms with Gasteiger partial charge in [-0.05, 0) is 30.2 Å². The molecule has 0 aliphatic carbocycles. The Labute approximate surface area is 128 Å². The highest BCUT2D eigenvalue weighted by Gasteiger charge is 2.36. The van der Waals surface area contributed by atoms with E-state index in [0.29, 0.717) is 31.8 Å². The molecule has 1 unspecified atom stereocenters. The minimum absolute atomic E-state index is 0.0368. The van der Waals surface area contributed by atoms with Crippen molar-refractivity contribution in [2.24, 2.45) is 0 Å². The summed E-state index contributed by atoms with van der Waals surface area (Å²) in [6.45, 7) is 1.50. The lowest BCUT2D eigenvalue weighted by atomic mass is 10.0. The van der Waals surface area contributed by atoms with Gasteiger partial charge in [-0.2, -0.15) is 26.3 Å². The number of benzene rings is 1. The van der Waals surface area contributed by atoms with Gasteiger partial charge in [-0.3, -0.25) is 0 Å². The second-order valence-corrected chi connectivity index (χ2v) is 5.04. The van der Waals surface area contributed by atoms with Crippen molar-refractivity contribution in [2.45, 2.75) is 25.1 Å². The van der Waals surface area contributed by atoms with E-state index in [2.05, 4.69) is 5.32 Å². The molecule has 1 aromatic carbocycles. The van der Waals surface area contributed by atoms with Crippen LogP contribution >= 0.6 is 0 Å². The van der Waals surface area contributed by atoms with Crippen LogP contribution in [0.5, 0.6) is 0 Å². The van der Waals surface area contributed by atoms with Gasteiger partial charge in [-0.25, -0.2) is 0 Å². The molecule has 9 heteroatoms. The average Bonchev–Trinajstić information content (AvgIpc) is 2.46. The molecule has 1 aliphatic rings. The standard InChI is InChI=1S/C14H15F6NO2/c15-13(16,17)10-5-9(6-11(7-10)14(18,19)20)1-3-22-12-8-21-2-4-23-12/h5-7,12,21H,1-4,8H2. The van der Waals surface area contributed by atoms with Crippen LogP contribution in [0.2, 0.25) is 0 Å². The molecule has 1 fully saturated rings. The van der Waals surface area contributed by atoms with Crippen LogP contribution in [0.1, 0.15) is 16.7 Å². The number of hydrogen-bond donors (Lipinski definition) is 1. The predicted octanol–water partition coefficient (Wildman–Crippen LogP) is 3.23. The summed E-state index contributed by atoms with van der Waals surface area (Å²) in [5, 5.41) is 2.99. The molecule has 0 radical (unpaired) electrons. The maximum absolute atomic E-state index is 12.7. The molecule has 0 bridgehead atoms. The van der Waals surface area contributed by atoms with Gasteiger partial charge in [0.15, 0.2) is 6.29 Å². The summed E-state index contributed by atoms with van der Waals surface area (Å²) >= 11 is 0. The Bertz CT molecular complexity index is 491. The van der Waals surface area contributed by atoms with E-state index >= 15 is 0 Å². The van der Waals surface area contributed by atoms with E-state index in [0.717, 1.165) is 0 Å². The highest BCUT2D eigenvalue weighted by molar-refractivity contribution is 5.33. The Morgan fingerprint density at radius 3 is 2.13 bits per heavy atom. The molecule has 1 atom stereocenters. The summed E-state index contributed by atoms with van der Waals surface area (Å²) in [4.78, 5) is 0. The van der Waals surface area contributed by atoms with Gasteiger partial charge >= 0.3 is 12.4 Å². The lowest BCUT2D eigenvalue weighted by Crippen LogP contribution is -2.40. The first-order valence-electron chi connectivity index (χ1n) is 6.88. The van der Waals surface area contributed by atoms with Gasteiger partial charge in [0.2, 0.25) is 0 Å². The van der Waals surface area contributed by atoms with Crippen molar-refractivity contribution in [2.75, 3.05) is 26.3 Å². The normalized spacial score (nSPS) is 19.8. The van der Waals surface area contributed by atoms with Gasteiger partial charge in [0.1, 0.15) is 0 Å². The zero-order valence-electron chi connectivity index (χ0n) is 11.9. The highest BCUT2D eigenvalue weighted by Crippen LogP contribution is 2.36. The second-order valence-electron chi connectivity index (χ2n) is 5.04. The Morgan fingerprint density at radius 2 is 1.65 bits per heavy atom. The number of halogens is 6. The fourth-order valence-corrected chi connectivity index (χ4v) is 2.12. The molecule has 1 N–H and O–H groups in total. The minimum atomic E-state index is -4.84. The maximum Gasteiger partial charge on any atom is 0.416 e. The first-order valence-corrected chi connectivity index (χ1v) is 6.88. The van der Waals surface area contributed by atoms with E-state index < -0.39 is 29.8 Å². The van der Waals surface area contributed by atoms with Crippen LogP contribution in [0.4, 0.5) is 26.3 Å². The van der Waals surface area contributed by atoms with Crippen molar-refractivity contribution >= 4 is 0 Å². The van der Waals surface area contributed by atoms with Crippen LogP contribution in [0.3, 0.4) is 0 Å². The molecule has 0 saturated carbocycles. The molecule has 23 heavy (non-hydrogen) atoms. The van der Waals surface area contributed by atoms with Gasteiger partial charge in [0, 0.05) is 13.1 Å². The number of alkyl halides is 6. The summed E-state index contributed by atoms with van der Waals surface area (Å²) in [7, 11) is 0. The van der Waals surface area contributed by atoms with Crippen LogP contribution in [-0.2, 0) is 28.2 Å². The molecule has 1 aromatic rings. The SMILES string of the molecule is FC(F)(F)c1cc(CCOC2CNCCO2)cc(C(F)(F)F)c1. The first kappa shape index (κ1) is 18.0. The molecule has 0 amide bonds. The van der Waals surface area contributed by atoms with Gasteiger partial charge < -0.3 is 14.8 Å². The summed E-state index contributed by atoms with van der Waals surface area (Å²) in [5.74, 6) is 0. The van der Waals surface area contributed by atoms with Crippen LogP contribution < -0.4 is 5.32 Å². The van der Waals surface area contributed by atoms with E-state index in [9.17, 15) is 26.3 Å². The van der Waals surface area contributed by atoms with Gasteiger partial charge in [-0.1, -0.05) is 0 Å². The quantitative estimate of drug-likeness (QED) is 0.852. The van der Waals surface area contributed by atoms with Crippen molar-refractivity contribution in [1.82, 2.24) is 5.32 Å². The largest absolute Gasteiger partial charge is 0.416 e. The van der Waals surface area contributed by atoms with Crippen LogP contribution in [0.25, 0.3) is 0 Å². The average molecular weight is 343 g/mol. The van der Waals surface area contributed by atoms with Crippen molar-refractivity contribution in [3.63, 3.8) is 0 Å². The Morgan fingerprint density at radius 1 is 1.04 bits per heavy atom. The molecular weight excluding hydrogens is 328 g/mol. The van der Waals surface area contributed by atoms with E-state index in [1.807, 2.05) is 0 Å². The van der Waals surface area contributed by atoms with Crippen molar-refractivity contribution in [3.05, 3.63) is 34.9 Å². The van der Waals surface area contributed by atoms with E-state index in [1.54, 1.807) is 0 Å². The Hall–Kier alpha value is -1.32. The molecule has 1 heterocycles. The summed E-state index contributed by atoms with van der Waals surface area (Å²) < 4.78 is 86.9. The summed E-state index contributed by atoms with van der Waals surface area (Å²) in [6, 6.07) is 1.52. The van der Waals surface area contributed by atoms with Crippen LogP contribution in [0, 0.1) is 0 Å². The van der Waals surface area contributed by atoms with Crippen LogP contribution in [-0.4, -0.2) is 32.6 Å². The first-order chi connectivity index (χ1) is 10.7. The third-order valence-electron chi connectivity index (χ3n) is 3.24. The Balaban J connectivity index is 2.07. The smallest absolute Gasteiger partial charge is 0.351 e. The number of morpholine rings is 1. The number of rotatable bonds is 4. The third kappa shape index (κ3) is 5.36. The minimum Gasteiger partial charge on any atom is -0.351 e. The lowest BCUT2D eigenvalue weighted by molar-refractivity contribution is -0.152.